The number of nitrogens with zero attached hydrogens (tertiary/aromatic N) is 1. The molecule has 4 heteroatoms. The molecule has 0 aliphatic heterocycles. The van der Waals surface area contributed by atoms with Gasteiger partial charge in [0.05, 0.1) is 11.6 Å². The molecule has 1 atom stereocenters. The molecule has 0 bridgehead atoms. The van der Waals surface area contributed by atoms with Gasteiger partial charge in [-0.3, -0.25) is 4.79 Å². The third kappa shape index (κ3) is 5.23. The van der Waals surface area contributed by atoms with Gasteiger partial charge in [-0.2, -0.15) is 0 Å². The zero-order valence-electron chi connectivity index (χ0n) is 13.7. The van der Waals surface area contributed by atoms with Crippen LogP contribution in [0.2, 0.25) is 0 Å². The van der Waals surface area contributed by atoms with Crippen molar-refractivity contribution in [2.24, 2.45) is 5.16 Å². The Balaban J connectivity index is 1.74. The topological polar surface area (TPSA) is 58.9 Å². The molecule has 1 N–H and O–H groups in total. The standard InChI is InChI=1S/C19H25NO3/c1-23-20-18-14-8-12-16(18)11-6-3-7-13-17(19(21)22)15-9-4-2-5-10-15/h2,4-5,9-10,12,17H,3,6-8,11,13-14H2,1H3,(H,21,22). The van der Waals surface area contributed by atoms with Gasteiger partial charge in [-0.05, 0) is 43.2 Å². The Labute approximate surface area is 137 Å². The highest BCUT2D eigenvalue weighted by Gasteiger charge is 2.19. The van der Waals surface area contributed by atoms with E-state index in [0.717, 1.165) is 49.8 Å². The van der Waals surface area contributed by atoms with Gasteiger partial charge in [0, 0.05) is 0 Å². The summed E-state index contributed by atoms with van der Waals surface area (Å²) in [7, 11) is 1.58. The first kappa shape index (κ1) is 17.3. The van der Waals surface area contributed by atoms with Crippen molar-refractivity contribution in [3.63, 3.8) is 0 Å². The van der Waals surface area contributed by atoms with E-state index in [4.69, 9.17) is 4.84 Å². The van der Waals surface area contributed by atoms with E-state index in [-0.39, 0.29) is 0 Å². The van der Waals surface area contributed by atoms with Crippen LogP contribution in [0.25, 0.3) is 0 Å². The number of allylic oxidation sites excluding steroid dienone is 2. The number of unbranched alkanes of at least 4 members (excludes halogenated alkanes) is 2. The van der Waals surface area contributed by atoms with E-state index in [0.29, 0.717) is 6.42 Å². The zero-order valence-corrected chi connectivity index (χ0v) is 13.7. The van der Waals surface area contributed by atoms with Crippen molar-refractivity contribution >= 4 is 11.7 Å². The maximum atomic E-state index is 11.4. The first-order chi connectivity index (χ1) is 11.2. The Hall–Kier alpha value is -2.10. The molecule has 0 saturated carbocycles. The fourth-order valence-electron chi connectivity index (χ4n) is 3.08. The molecular formula is C19H25NO3. The van der Waals surface area contributed by atoms with Crippen LogP contribution < -0.4 is 0 Å². The Bertz CT molecular complexity index is 563. The van der Waals surface area contributed by atoms with E-state index in [1.54, 1.807) is 7.11 Å². The first-order valence-electron chi connectivity index (χ1n) is 8.29. The summed E-state index contributed by atoms with van der Waals surface area (Å²) in [6.45, 7) is 0. The van der Waals surface area contributed by atoms with Crippen molar-refractivity contribution in [3.05, 3.63) is 47.5 Å². The minimum absolute atomic E-state index is 0.396. The first-order valence-corrected chi connectivity index (χ1v) is 8.29. The van der Waals surface area contributed by atoms with E-state index in [1.165, 1.54) is 5.57 Å². The summed E-state index contributed by atoms with van der Waals surface area (Å²) >= 11 is 0. The quantitative estimate of drug-likeness (QED) is 0.538. The van der Waals surface area contributed by atoms with Crippen molar-refractivity contribution in [1.82, 2.24) is 0 Å². The summed E-state index contributed by atoms with van der Waals surface area (Å²) in [5.41, 5.74) is 3.26. The predicted molar refractivity (Wildman–Crippen MR) is 91.7 cm³/mol. The third-order valence-corrected chi connectivity index (χ3v) is 4.28. The van der Waals surface area contributed by atoms with Crippen LogP contribution >= 0.6 is 0 Å². The number of hydrogen-bond acceptors (Lipinski definition) is 3. The van der Waals surface area contributed by atoms with E-state index in [9.17, 15) is 9.90 Å². The predicted octanol–water partition coefficient (Wildman–Crippen LogP) is 4.53. The fourth-order valence-corrected chi connectivity index (χ4v) is 3.08. The SMILES string of the molecule is CON=C1CCC=C1CCCCCC(C(=O)O)c1ccccc1. The highest BCUT2D eigenvalue weighted by molar-refractivity contribution is 6.01. The van der Waals surface area contributed by atoms with E-state index in [2.05, 4.69) is 11.2 Å². The summed E-state index contributed by atoms with van der Waals surface area (Å²) in [4.78, 5) is 16.3. The van der Waals surface area contributed by atoms with Gasteiger partial charge in [-0.25, -0.2) is 0 Å². The van der Waals surface area contributed by atoms with E-state index >= 15 is 0 Å². The molecule has 0 radical (unpaired) electrons. The van der Waals surface area contributed by atoms with Crippen LogP contribution in [0, 0.1) is 0 Å². The number of hydrogen-bond donors (Lipinski definition) is 1. The molecule has 124 valence electrons. The molecule has 0 saturated heterocycles. The van der Waals surface area contributed by atoms with Crippen molar-refractivity contribution in [2.45, 2.75) is 50.9 Å². The maximum absolute atomic E-state index is 11.4. The number of aliphatic carboxylic acids is 1. The van der Waals surface area contributed by atoms with Gasteiger partial charge in [0.15, 0.2) is 0 Å². The number of carboxylic acids is 1. The molecular weight excluding hydrogens is 290 g/mol. The number of rotatable bonds is 9. The van der Waals surface area contributed by atoms with Crippen molar-refractivity contribution < 1.29 is 14.7 Å². The minimum Gasteiger partial charge on any atom is -0.481 e. The number of benzene rings is 1. The Morgan fingerprint density at radius 3 is 2.74 bits per heavy atom. The second-order valence-electron chi connectivity index (χ2n) is 5.89. The molecule has 0 fully saturated rings. The highest BCUT2D eigenvalue weighted by Crippen LogP contribution is 2.25. The molecule has 23 heavy (non-hydrogen) atoms. The molecule has 1 unspecified atom stereocenters. The Morgan fingerprint density at radius 1 is 1.26 bits per heavy atom. The molecule has 1 aromatic rings. The van der Waals surface area contributed by atoms with Crippen molar-refractivity contribution in [3.8, 4) is 0 Å². The van der Waals surface area contributed by atoms with Crippen molar-refractivity contribution in [2.75, 3.05) is 7.11 Å². The number of carboxylic acid groups (broad SMARTS) is 1. The zero-order chi connectivity index (χ0) is 16.5. The van der Waals surface area contributed by atoms with Crippen LogP contribution in [0.4, 0.5) is 0 Å². The smallest absolute Gasteiger partial charge is 0.310 e. The lowest BCUT2D eigenvalue weighted by Gasteiger charge is -2.12. The van der Waals surface area contributed by atoms with Gasteiger partial charge < -0.3 is 9.94 Å². The maximum Gasteiger partial charge on any atom is 0.310 e. The average molecular weight is 315 g/mol. The monoisotopic (exact) mass is 315 g/mol. The summed E-state index contributed by atoms with van der Waals surface area (Å²) in [5.74, 6) is -1.13. The highest BCUT2D eigenvalue weighted by atomic mass is 16.6. The van der Waals surface area contributed by atoms with Crippen LogP contribution in [0.15, 0.2) is 47.1 Å². The van der Waals surface area contributed by atoms with Gasteiger partial charge in [0.1, 0.15) is 7.11 Å². The van der Waals surface area contributed by atoms with Gasteiger partial charge in [-0.1, -0.05) is 54.4 Å². The second-order valence-corrected chi connectivity index (χ2v) is 5.89. The van der Waals surface area contributed by atoms with Crippen LogP contribution in [-0.4, -0.2) is 23.9 Å². The molecule has 0 aromatic heterocycles. The summed E-state index contributed by atoms with van der Waals surface area (Å²) in [6, 6.07) is 9.51. The van der Waals surface area contributed by atoms with Gasteiger partial charge >= 0.3 is 5.97 Å². The normalized spacial score (nSPS) is 17.1. The number of oxime groups is 1. The summed E-state index contributed by atoms with van der Waals surface area (Å²) < 4.78 is 0. The van der Waals surface area contributed by atoms with Crippen LogP contribution in [0.5, 0.6) is 0 Å². The van der Waals surface area contributed by atoms with Crippen molar-refractivity contribution in [1.29, 1.82) is 0 Å². The fraction of sp³-hybridized carbons (Fsp3) is 0.474. The van der Waals surface area contributed by atoms with Crippen LogP contribution in [-0.2, 0) is 9.63 Å². The average Bonchev–Trinajstić information content (AvgIpc) is 2.99. The molecule has 1 aliphatic rings. The van der Waals surface area contributed by atoms with Crippen LogP contribution in [0.1, 0.15) is 56.4 Å². The second kappa shape index (κ2) is 9.13. The lowest BCUT2D eigenvalue weighted by atomic mass is 9.93. The summed E-state index contributed by atoms with van der Waals surface area (Å²) in [5, 5.41) is 13.5. The van der Waals surface area contributed by atoms with Gasteiger partial charge in [-0.15, -0.1) is 0 Å². The van der Waals surface area contributed by atoms with Gasteiger partial charge in [0.2, 0.25) is 0 Å². The number of carbonyl (C=O) groups is 1. The largest absolute Gasteiger partial charge is 0.481 e. The molecule has 0 amide bonds. The third-order valence-electron chi connectivity index (χ3n) is 4.28. The molecule has 1 aliphatic carbocycles. The molecule has 4 nitrogen and oxygen atoms in total. The van der Waals surface area contributed by atoms with E-state index in [1.807, 2.05) is 30.3 Å². The minimum atomic E-state index is -0.732. The molecule has 1 aromatic carbocycles. The Morgan fingerprint density at radius 2 is 2.04 bits per heavy atom. The van der Waals surface area contributed by atoms with E-state index < -0.39 is 11.9 Å². The summed E-state index contributed by atoms with van der Waals surface area (Å²) in [6.07, 6.45) is 8.98. The molecule has 0 spiro atoms. The lowest BCUT2D eigenvalue weighted by Crippen LogP contribution is -2.11. The van der Waals surface area contributed by atoms with Crippen LogP contribution in [0.3, 0.4) is 0 Å². The molecule has 0 heterocycles. The lowest BCUT2D eigenvalue weighted by molar-refractivity contribution is -0.139. The van der Waals surface area contributed by atoms with Gasteiger partial charge in [0.25, 0.3) is 0 Å². The Kier molecular flexibility index (Phi) is 6.85. The molecule has 2 rings (SSSR count).